The minimum absolute atomic E-state index is 0. The van der Waals surface area contributed by atoms with Crippen molar-refractivity contribution in [1.82, 2.24) is 4.98 Å². The van der Waals surface area contributed by atoms with Gasteiger partial charge in [-0.05, 0) is 18.6 Å². The molecule has 2 aromatic heterocycles. The largest absolute Gasteiger partial charge is 1.00 e. The maximum atomic E-state index is 12.4. The smallest absolute Gasteiger partial charge is 0.417 e. The van der Waals surface area contributed by atoms with Crippen LogP contribution in [0.1, 0.15) is 24.8 Å². The first kappa shape index (κ1) is 20.1. The number of carbonyl (C=O) groups is 1. The van der Waals surface area contributed by atoms with Crippen LogP contribution in [0.5, 0.6) is 0 Å². The molecule has 1 N–H and O–H groups in total. The number of carbonyl (C=O) groups excluding carboxylic acids is 1. The molecule has 8 heteroatoms. The van der Waals surface area contributed by atoms with Gasteiger partial charge in [-0.15, -0.1) is 0 Å². The summed E-state index contributed by atoms with van der Waals surface area (Å²) in [5.41, 5.74) is -0.838. The van der Waals surface area contributed by atoms with Gasteiger partial charge in [-0.1, -0.05) is 6.07 Å². The van der Waals surface area contributed by atoms with Gasteiger partial charge in [0.1, 0.15) is 12.4 Å². The number of pyridine rings is 2. The number of hydrogen-bond donors (Lipinski definition) is 1. The number of rotatable bonds is 6. The van der Waals surface area contributed by atoms with Gasteiger partial charge in [0.2, 0.25) is 5.91 Å². The van der Waals surface area contributed by atoms with E-state index in [0.29, 0.717) is 19.0 Å². The van der Waals surface area contributed by atoms with E-state index in [1.54, 1.807) is 0 Å². The van der Waals surface area contributed by atoms with Crippen molar-refractivity contribution in [1.29, 1.82) is 0 Å². The van der Waals surface area contributed by atoms with Crippen LogP contribution in [0.15, 0.2) is 48.9 Å². The Labute approximate surface area is 148 Å². The van der Waals surface area contributed by atoms with Gasteiger partial charge >= 0.3 is 6.18 Å². The molecule has 0 saturated carbocycles. The molecule has 0 atom stereocenters. The van der Waals surface area contributed by atoms with Crippen LogP contribution in [-0.4, -0.2) is 10.9 Å². The van der Waals surface area contributed by atoms with E-state index in [2.05, 4.69) is 10.3 Å². The number of aromatic nitrogens is 2. The molecule has 2 aromatic rings. The number of halogens is 4. The zero-order valence-corrected chi connectivity index (χ0v) is 14.3. The van der Waals surface area contributed by atoms with Crippen LogP contribution in [0.4, 0.5) is 19.0 Å². The van der Waals surface area contributed by atoms with E-state index in [1.165, 1.54) is 0 Å². The van der Waals surface area contributed by atoms with Gasteiger partial charge < -0.3 is 22.3 Å². The van der Waals surface area contributed by atoms with E-state index < -0.39 is 11.7 Å². The SMILES string of the molecule is O=C(CCCC[n+]1ccccc1)Nc1ccc(C(F)(F)F)cn1.[Br-]. The number of nitrogens with zero attached hydrogens (tertiary/aromatic N) is 2. The molecule has 130 valence electrons. The quantitative estimate of drug-likeness (QED) is 0.553. The van der Waals surface area contributed by atoms with Gasteiger partial charge in [-0.25, -0.2) is 9.55 Å². The number of aryl methyl sites for hydroxylation is 1. The highest BCUT2D eigenvalue weighted by Crippen LogP contribution is 2.28. The van der Waals surface area contributed by atoms with Crippen molar-refractivity contribution in [2.45, 2.75) is 32.0 Å². The summed E-state index contributed by atoms with van der Waals surface area (Å²) < 4.78 is 39.2. The molecule has 0 unspecified atom stereocenters. The second-order valence-electron chi connectivity index (χ2n) is 5.05. The molecule has 0 radical (unpaired) electrons. The lowest BCUT2D eigenvalue weighted by molar-refractivity contribution is -0.697. The van der Waals surface area contributed by atoms with Crippen LogP contribution in [0.25, 0.3) is 0 Å². The van der Waals surface area contributed by atoms with Crippen molar-refractivity contribution in [2.75, 3.05) is 5.32 Å². The Morgan fingerprint density at radius 1 is 1.12 bits per heavy atom. The van der Waals surface area contributed by atoms with Crippen LogP contribution in [0.2, 0.25) is 0 Å². The van der Waals surface area contributed by atoms with Crippen molar-refractivity contribution in [3.05, 3.63) is 54.5 Å². The third-order valence-corrected chi connectivity index (χ3v) is 3.21. The predicted octanol–water partition coefficient (Wildman–Crippen LogP) is 0.201. The molecule has 0 fully saturated rings. The van der Waals surface area contributed by atoms with Crippen molar-refractivity contribution in [3.63, 3.8) is 0 Å². The molecule has 1 amide bonds. The van der Waals surface area contributed by atoms with Crippen LogP contribution in [0.3, 0.4) is 0 Å². The summed E-state index contributed by atoms with van der Waals surface area (Å²) in [6.45, 7) is 0.812. The minimum atomic E-state index is -4.43. The van der Waals surface area contributed by atoms with Crippen molar-refractivity contribution < 1.29 is 39.5 Å². The van der Waals surface area contributed by atoms with Gasteiger partial charge in [0.25, 0.3) is 0 Å². The third kappa shape index (κ3) is 6.66. The van der Waals surface area contributed by atoms with Crippen molar-refractivity contribution in [3.8, 4) is 0 Å². The summed E-state index contributed by atoms with van der Waals surface area (Å²) in [6, 6.07) is 7.85. The average molecular weight is 404 g/mol. The summed E-state index contributed by atoms with van der Waals surface area (Å²) in [4.78, 5) is 15.3. The second-order valence-corrected chi connectivity index (χ2v) is 5.05. The Hall–Kier alpha value is -1.96. The number of alkyl halides is 3. The number of amides is 1. The minimum Gasteiger partial charge on any atom is -1.00 e. The number of hydrogen-bond acceptors (Lipinski definition) is 2. The van der Waals surface area contributed by atoms with E-state index in [9.17, 15) is 18.0 Å². The molecule has 0 spiro atoms. The average Bonchev–Trinajstić information content (AvgIpc) is 2.52. The summed E-state index contributed by atoms with van der Waals surface area (Å²) in [6.07, 6.45) is 2.01. The fourth-order valence-corrected chi connectivity index (χ4v) is 2.00. The van der Waals surface area contributed by atoms with E-state index in [0.717, 1.165) is 25.1 Å². The molecular weight excluding hydrogens is 387 g/mol. The molecule has 0 aromatic carbocycles. The lowest BCUT2D eigenvalue weighted by Crippen LogP contribution is -3.00. The fraction of sp³-hybridized carbons (Fsp3) is 0.312. The normalized spacial score (nSPS) is 10.8. The maximum Gasteiger partial charge on any atom is 0.417 e. The number of anilines is 1. The van der Waals surface area contributed by atoms with Crippen molar-refractivity contribution >= 4 is 11.7 Å². The molecule has 0 aliphatic carbocycles. The zero-order valence-electron chi connectivity index (χ0n) is 12.8. The van der Waals surface area contributed by atoms with E-state index in [1.807, 2.05) is 35.2 Å². The standard InChI is InChI=1S/C16H16F3N3O.BrH/c17-16(18,19)13-7-8-14(20-12-13)21-15(23)6-2-5-11-22-9-3-1-4-10-22;/h1,3-4,7-10,12H,2,5-6,11H2;1H. The highest BCUT2D eigenvalue weighted by atomic mass is 79.9. The van der Waals surface area contributed by atoms with Gasteiger partial charge in [0, 0.05) is 31.2 Å². The Kier molecular flexibility index (Phi) is 7.84. The Morgan fingerprint density at radius 3 is 2.42 bits per heavy atom. The van der Waals surface area contributed by atoms with E-state index in [-0.39, 0.29) is 28.7 Å². The molecule has 2 heterocycles. The highest BCUT2D eigenvalue weighted by Gasteiger charge is 2.30. The molecule has 4 nitrogen and oxygen atoms in total. The topological polar surface area (TPSA) is 45.9 Å². The van der Waals surface area contributed by atoms with E-state index in [4.69, 9.17) is 0 Å². The van der Waals surface area contributed by atoms with Crippen LogP contribution >= 0.6 is 0 Å². The molecular formula is C16H17BrF3N3O. The van der Waals surface area contributed by atoms with Crippen molar-refractivity contribution in [2.24, 2.45) is 0 Å². The monoisotopic (exact) mass is 403 g/mol. The van der Waals surface area contributed by atoms with Crippen LogP contribution < -0.4 is 26.9 Å². The molecule has 24 heavy (non-hydrogen) atoms. The lowest BCUT2D eigenvalue weighted by atomic mass is 10.2. The van der Waals surface area contributed by atoms with Crippen LogP contribution in [-0.2, 0) is 17.5 Å². The van der Waals surface area contributed by atoms with Gasteiger partial charge in [-0.2, -0.15) is 13.2 Å². The number of nitrogens with one attached hydrogen (secondary N) is 1. The molecule has 2 rings (SSSR count). The zero-order chi connectivity index (χ0) is 16.7. The maximum absolute atomic E-state index is 12.4. The highest BCUT2D eigenvalue weighted by molar-refractivity contribution is 5.89. The second kappa shape index (κ2) is 9.36. The summed E-state index contributed by atoms with van der Waals surface area (Å²) in [7, 11) is 0. The third-order valence-electron chi connectivity index (χ3n) is 3.21. The molecule has 0 saturated heterocycles. The van der Waals surface area contributed by atoms with Gasteiger partial charge in [-0.3, -0.25) is 4.79 Å². The fourth-order valence-electron chi connectivity index (χ4n) is 2.00. The van der Waals surface area contributed by atoms with Gasteiger partial charge in [0.05, 0.1) is 5.56 Å². The first-order valence-corrected chi connectivity index (χ1v) is 7.22. The van der Waals surface area contributed by atoms with E-state index >= 15 is 0 Å². The first-order valence-electron chi connectivity index (χ1n) is 7.22. The summed E-state index contributed by atoms with van der Waals surface area (Å²) >= 11 is 0. The number of unbranched alkanes of at least 4 members (excludes halogenated alkanes) is 1. The summed E-state index contributed by atoms with van der Waals surface area (Å²) in [5.74, 6) is -0.129. The summed E-state index contributed by atoms with van der Waals surface area (Å²) in [5, 5.41) is 2.50. The van der Waals surface area contributed by atoms with Crippen LogP contribution in [0, 0.1) is 0 Å². The Bertz CT molecular complexity index is 633. The lowest BCUT2D eigenvalue weighted by Gasteiger charge is -2.07. The Morgan fingerprint density at radius 2 is 1.83 bits per heavy atom. The first-order chi connectivity index (χ1) is 10.9. The predicted molar refractivity (Wildman–Crippen MR) is 78.4 cm³/mol. The molecule has 0 bridgehead atoms. The molecule has 0 aliphatic heterocycles. The Balaban J connectivity index is 0.00000288. The molecule has 0 aliphatic rings. The van der Waals surface area contributed by atoms with Gasteiger partial charge in [0.15, 0.2) is 12.4 Å².